The van der Waals surface area contributed by atoms with Gasteiger partial charge in [-0.05, 0) is 43.7 Å². The number of benzene rings is 2. The highest BCUT2D eigenvalue weighted by Crippen LogP contribution is 2.47. The average molecular weight is 324 g/mol. The summed E-state index contributed by atoms with van der Waals surface area (Å²) < 4.78 is 5.23. The summed E-state index contributed by atoms with van der Waals surface area (Å²) in [6.45, 7) is 5.53. The number of amides is 1. The van der Waals surface area contributed by atoms with Crippen LogP contribution in [0, 0.1) is 0 Å². The molecule has 0 aliphatic carbocycles. The van der Waals surface area contributed by atoms with Gasteiger partial charge in [-0.15, -0.1) is 0 Å². The fourth-order valence-corrected chi connectivity index (χ4v) is 3.28. The number of likely N-dealkylation sites (N-methyl/N-ethyl adjacent to an activating group) is 1. The lowest BCUT2D eigenvalue weighted by molar-refractivity contribution is -0.130. The van der Waals surface area contributed by atoms with Gasteiger partial charge in [-0.3, -0.25) is 4.79 Å². The van der Waals surface area contributed by atoms with Gasteiger partial charge in [0.15, 0.2) is 0 Å². The van der Waals surface area contributed by atoms with E-state index in [1.165, 1.54) is 5.56 Å². The second-order valence-corrected chi connectivity index (χ2v) is 5.92. The van der Waals surface area contributed by atoms with E-state index in [0.29, 0.717) is 0 Å². The fourth-order valence-electron chi connectivity index (χ4n) is 3.28. The number of rotatable bonds is 6. The largest absolute Gasteiger partial charge is 0.497 e. The Morgan fingerprint density at radius 1 is 1.04 bits per heavy atom. The number of hydrogen-bond acceptors (Lipinski definition) is 3. The number of methoxy groups -OCH3 is 1. The fraction of sp³-hybridized carbons (Fsp3) is 0.350. The molecule has 2 aromatic carbocycles. The molecule has 2 unspecified atom stereocenters. The van der Waals surface area contributed by atoms with E-state index in [0.717, 1.165) is 24.5 Å². The molecule has 126 valence electrons. The highest BCUT2D eigenvalue weighted by Gasteiger charge is 2.54. The Morgan fingerprint density at radius 2 is 1.67 bits per heavy atom. The van der Waals surface area contributed by atoms with E-state index in [9.17, 15) is 4.79 Å². The molecule has 2 atom stereocenters. The Morgan fingerprint density at radius 3 is 2.21 bits per heavy atom. The molecule has 4 heteroatoms. The van der Waals surface area contributed by atoms with Gasteiger partial charge >= 0.3 is 0 Å². The quantitative estimate of drug-likeness (QED) is 0.763. The number of ether oxygens (including phenoxy) is 1. The van der Waals surface area contributed by atoms with Crippen LogP contribution in [0.5, 0.6) is 5.75 Å². The maximum Gasteiger partial charge on any atom is 0.247 e. The van der Waals surface area contributed by atoms with E-state index in [-0.39, 0.29) is 18.0 Å². The van der Waals surface area contributed by atoms with Crippen molar-refractivity contribution < 1.29 is 9.53 Å². The number of anilines is 1. The van der Waals surface area contributed by atoms with Crippen molar-refractivity contribution in [3.05, 3.63) is 60.2 Å². The Hall–Kier alpha value is -2.49. The van der Waals surface area contributed by atoms with Crippen LogP contribution in [0.25, 0.3) is 0 Å². The van der Waals surface area contributed by atoms with Crippen LogP contribution in [-0.2, 0) is 4.79 Å². The first-order valence-electron chi connectivity index (χ1n) is 8.47. The molecule has 0 spiro atoms. The van der Waals surface area contributed by atoms with E-state index in [2.05, 4.69) is 17.0 Å². The van der Waals surface area contributed by atoms with Crippen molar-refractivity contribution in [3.8, 4) is 5.75 Å². The van der Waals surface area contributed by atoms with Gasteiger partial charge in [0.05, 0.1) is 13.2 Å². The van der Waals surface area contributed by atoms with Crippen molar-refractivity contribution >= 4 is 11.6 Å². The third-order valence-corrected chi connectivity index (χ3v) is 4.65. The predicted molar refractivity (Wildman–Crippen MR) is 96.4 cm³/mol. The van der Waals surface area contributed by atoms with Gasteiger partial charge < -0.3 is 14.5 Å². The molecule has 3 rings (SSSR count). The summed E-state index contributed by atoms with van der Waals surface area (Å²) in [5.74, 6) is 1.02. The summed E-state index contributed by atoms with van der Waals surface area (Å²) in [7, 11) is 1.66. The lowest BCUT2D eigenvalue weighted by atomic mass is 10.1. The zero-order chi connectivity index (χ0) is 17.1. The monoisotopic (exact) mass is 324 g/mol. The SMILES string of the molecule is CCN(CC)C(=O)C1C(c2ccccc2)N1c1ccc(OC)cc1. The Kier molecular flexibility index (Phi) is 4.74. The molecule has 0 N–H and O–H groups in total. The highest BCUT2D eigenvalue weighted by atomic mass is 16.5. The molecule has 0 saturated carbocycles. The molecular weight excluding hydrogens is 300 g/mol. The minimum absolute atomic E-state index is 0.104. The van der Waals surface area contributed by atoms with E-state index in [1.54, 1.807) is 7.11 Å². The molecule has 1 amide bonds. The van der Waals surface area contributed by atoms with Crippen molar-refractivity contribution in [2.24, 2.45) is 0 Å². The van der Waals surface area contributed by atoms with Crippen LogP contribution in [0.1, 0.15) is 25.5 Å². The molecule has 1 aliphatic rings. The molecule has 1 saturated heterocycles. The maximum absolute atomic E-state index is 12.9. The average Bonchev–Trinajstić information content (AvgIpc) is 3.39. The van der Waals surface area contributed by atoms with Gasteiger partial charge in [-0.25, -0.2) is 0 Å². The van der Waals surface area contributed by atoms with Crippen LogP contribution in [0.4, 0.5) is 5.69 Å². The van der Waals surface area contributed by atoms with E-state index >= 15 is 0 Å². The van der Waals surface area contributed by atoms with Crippen molar-refractivity contribution in [1.82, 2.24) is 4.90 Å². The summed E-state index contributed by atoms with van der Waals surface area (Å²) in [5.41, 5.74) is 2.23. The lowest BCUT2D eigenvalue weighted by Crippen LogP contribution is -2.35. The third kappa shape index (κ3) is 2.96. The minimum Gasteiger partial charge on any atom is -0.497 e. The second-order valence-electron chi connectivity index (χ2n) is 5.92. The van der Waals surface area contributed by atoms with Crippen LogP contribution in [0.15, 0.2) is 54.6 Å². The number of carbonyl (C=O) groups excluding carboxylic acids is 1. The molecule has 1 heterocycles. The van der Waals surface area contributed by atoms with Crippen molar-refractivity contribution in [1.29, 1.82) is 0 Å². The zero-order valence-corrected chi connectivity index (χ0v) is 14.5. The summed E-state index contributed by atoms with van der Waals surface area (Å²) >= 11 is 0. The summed E-state index contributed by atoms with van der Waals surface area (Å²) in [6, 6.07) is 18.1. The minimum atomic E-state index is -0.124. The maximum atomic E-state index is 12.9. The second kappa shape index (κ2) is 6.95. The number of nitrogens with zero attached hydrogens (tertiary/aromatic N) is 2. The molecule has 1 aliphatic heterocycles. The summed E-state index contributed by atoms with van der Waals surface area (Å²) in [5, 5.41) is 0. The predicted octanol–water partition coefficient (Wildman–Crippen LogP) is 3.49. The highest BCUT2D eigenvalue weighted by molar-refractivity contribution is 5.93. The zero-order valence-electron chi connectivity index (χ0n) is 14.5. The van der Waals surface area contributed by atoms with E-state index < -0.39 is 0 Å². The first-order chi connectivity index (χ1) is 11.7. The topological polar surface area (TPSA) is 32.5 Å². The Balaban J connectivity index is 1.90. The molecule has 24 heavy (non-hydrogen) atoms. The number of carbonyl (C=O) groups is 1. The van der Waals surface area contributed by atoms with Gasteiger partial charge in [0, 0.05) is 18.8 Å². The molecule has 2 aromatic rings. The first kappa shape index (κ1) is 16.4. The molecule has 0 bridgehead atoms. The molecule has 0 radical (unpaired) electrons. The van der Waals surface area contributed by atoms with Crippen molar-refractivity contribution in [3.63, 3.8) is 0 Å². The van der Waals surface area contributed by atoms with Crippen molar-refractivity contribution in [2.75, 3.05) is 25.1 Å². The first-order valence-corrected chi connectivity index (χ1v) is 8.47. The lowest BCUT2D eigenvalue weighted by Gasteiger charge is -2.18. The van der Waals surface area contributed by atoms with Crippen LogP contribution < -0.4 is 9.64 Å². The molecule has 1 fully saturated rings. The summed E-state index contributed by atoms with van der Waals surface area (Å²) in [6.07, 6.45) is 0. The normalized spacial score (nSPS) is 19.0. The van der Waals surface area contributed by atoms with Crippen LogP contribution in [-0.4, -0.2) is 37.0 Å². The van der Waals surface area contributed by atoms with Gasteiger partial charge in [0.1, 0.15) is 11.8 Å². The molecular formula is C20H24N2O2. The Labute approximate surface area is 143 Å². The molecule has 4 nitrogen and oxygen atoms in total. The molecule has 0 aromatic heterocycles. The van der Waals surface area contributed by atoms with Crippen LogP contribution in [0.3, 0.4) is 0 Å². The van der Waals surface area contributed by atoms with E-state index in [4.69, 9.17) is 4.74 Å². The van der Waals surface area contributed by atoms with Crippen LogP contribution >= 0.6 is 0 Å². The number of hydrogen-bond donors (Lipinski definition) is 0. The van der Waals surface area contributed by atoms with Crippen molar-refractivity contribution in [2.45, 2.75) is 25.9 Å². The summed E-state index contributed by atoms with van der Waals surface area (Å²) in [4.78, 5) is 17.0. The van der Waals surface area contributed by atoms with Gasteiger partial charge in [-0.1, -0.05) is 30.3 Å². The van der Waals surface area contributed by atoms with Gasteiger partial charge in [0.25, 0.3) is 0 Å². The third-order valence-electron chi connectivity index (χ3n) is 4.65. The van der Waals surface area contributed by atoms with E-state index in [1.807, 2.05) is 61.2 Å². The Bertz CT molecular complexity index is 681. The van der Waals surface area contributed by atoms with Gasteiger partial charge in [0.2, 0.25) is 5.91 Å². The van der Waals surface area contributed by atoms with Gasteiger partial charge in [-0.2, -0.15) is 0 Å². The van der Waals surface area contributed by atoms with Crippen LogP contribution in [0.2, 0.25) is 0 Å². The smallest absolute Gasteiger partial charge is 0.247 e. The standard InChI is InChI=1S/C20H24N2O2/c1-4-21(5-2)20(23)19-18(15-9-7-6-8-10-15)22(19)16-11-13-17(24-3)14-12-16/h6-14,18-19H,4-5H2,1-3H3.